The van der Waals surface area contributed by atoms with Gasteiger partial charge in [-0.1, -0.05) is 51.8 Å². The number of fused-ring (bicyclic) bond motifs is 1. The molecular formula is C26H33N5O. The normalized spacial score (nSPS) is 19.6. The third-order valence-electron chi connectivity index (χ3n) is 5.77. The number of hydrogen-bond acceptors (Lipinski definition) is 5. The molecule has 0 saturated carbocycles. The number of carbonyl (C=O) groups excluding carboxylic acids is 1. The standard InChI is InChI=1S/C24H27N5O.C2H6/c1-3-4-5-20-16-28(15-19-9-7-18(13-25)8-10-19)24(30)23-12-22(27-29(20)23)21-11-6-17(2)14-26-21;1-2/h6-12,14,20,22,27H,3-5,15-16H2,1-2H3;1-2H3. The number of piperazine rings is 1. The Morgan fingerprint density at radius 1 is 1.19 bits per heavy atom. The van der Waals surface area contributed by atoms with Crippen LogP contribution >= 0.6 is 0 Å². The largest absolute Gasteiger partial charge is 0.331 e. The van der Waals surface area contributed by atoms with Crippen molar-refractivity contribution < 1.29 is 4.79 Å². The lowest BCUT2D eigenvalue weighted by Crippen LogP contribution is -2.56. The summed E-state index contributed by atoms with van der Waals surface area (Å²) in [5.74, 6) is 0.0363. The number of benzene rings is 1. The number of amides is 1. The van der Waals surface area contributed by atoms with Gasteiger partial charge in [0.25, 0.3) is 5.91 Å². The first-order valence-electron chi connectivity index (χ1n) is 11.6. The minimum absolute atomic E-state index is 0.0363. The minimum Gasteiger partial charge on any atom is -0.331 e. The van der Waals surface area contributed by atoms with E-state index < -0.39 is 0 Å². The lowest BCUT2D eigenvalue weighted by atomic mass is 10.0. The van der Waals surface area contributed by atoms with Crippen molar-refractivity contribution in [1.82, 2.24) is 20.3 Å². The van der Waals surface area contributed by atoms with Gasteiger partial charge in [0.15, 0.2) is 0 Å². The molecule has 1 aromatic carbocycles. The van der Waals surface area contributed by atoms with E-state index in [0.717, 1.165) is 36.1 Å². The summed E-state index contributed by atoms with van der Waals surface area (Å²) in [6, 6.07) is 13.8. The molecule has 0 radical (unpaired) electrons. The topological polar surface area (TPSA) is 72.3 Å². The maximum atomic E-state index is 13.3. The Morgan fingerprint density at radius 3 is 2.56 bits per heavy atom. The molecule has 1 fully saturated rings. The second-order valence-electron chi connectivity index (χ2n) is 8.08. The van der Waals surface area contributed by atoms with E-state index >= 15 is 0 Å². The van der Waals surface area contributed by atoms with E-state index in [1.165, 1.54) is 0 Å². The maximum absolute atomic E-state index is 13.3. The molecule has 3 heterocycles. The summed E-state index contributed by atoms with van der Waals surface area (Å²) in [6.45, 7) is 9.44. The number of aromatic nitrogens is 1. The Bertz CT molecular complexity index is 975. The van der Waals surface area contributed by atoms with Crippen LogP contribution in [0.3, 0.4) is 0 Å². The molecule has 2 aromatic rings. The highest BCUT2D eigenvalue weighted by atomic mass is 16.2. The van der Waals surface area contributed by atoms with Crippen LogP contribution in [0.4, 0.5) is 0 Å². The zero-order valence-electron chi connectivity index (χ0n) is 19.5. The molecule has 2 unspecified atom stereocenters. The van der Waals surface area contributed by atoms with Crippen LogP contribution in [0.2, 0.25) is 0 Å². The van der Waals surface area contributed by atoms with Crippen LogP contribution in [0, 0.1) is 18.3 Å². The van der Waals surface area contributed by atoms with Gasteiger partial charge in [-0.25, -0.2) is 5.43 Å². The fraction of sp³-hybridized carbons (Fsp3) is 0.423. The quantitative estimate of drug-likeness (QED) is 0.722. The summed E-state index contributed by atoms with van der Waals surface area (Å²) >= 11 is 0. The second-order valence-corrected chi connectivity index (χ2v) is 8.08. The molecule has 0 aliphatic carbocycles. The highest BCUT2D eigenvalue weighted by Crippen LogP contribution is 2.32. The number of pyridine rings is 1. The van der Waals surface area contributed by atoms with Crippen molar-refractivity contribution in [3.63, 3.8) is 0 Å². The molecule has 32 heavy (non-hydrogen) atoms. The molecule has 1 aromatic heterocycles. The summed E-state index contributed by atoms with van der Waals surface area (Å²) in [5.41, 5.74) is 7.93. The predicted octanol–water partition coefficient (Wildman–Crippen LogP) is 4.63. The van der Waals surface area contributed by atoms with Gasteiger partial charge in [0.1, 0.15) is 5.70 Å². The Kier molecular flexibility index (Phi) is 8.02. The van der Waals surface area contributed by atoms with Crippen LogP contribution in [0.25, 0.3) is 0 Å². The SMILES string of the molecule is CC.CCCCC1CN(Cc2ccc(C#N)cc2)C(=O)C2=CC(c3ccc(C)cn3)NN21. The van der Waals surface area contributed by atoms with E-state index in [9.17, 15) is 4.79 Å². The molecule has 0 bridgehead atoms. The lowest BCUT2D eigenvalue weighted by molar-refractivity contribution is -0.135. The number of aryl methyl sites for hydroxylation is 1. The van der Waals surface area contributed by atoms with Gasteiger partial charge < -0.3 is 4.90 Å². The van der Waals surface area contributed by atoms with Crippen molar-refractivity contribution in [3.8, 4) is 6.07 Å². The summed E-state index contributed by atoms with van der Waals surface area (Å²) in [6.07, 6.45) is 7.12. The van der Waals surface area contributed by atoms with E-state index in [4.69, 9.17) is 5.26 Å². The van der Waals surface area contributed by atoms with Gasteiger partial charge >= 0.3 is 0 Å². The molecule has 2 atom stereocenters. The Balaban J connectivity index is 0.00000141. The molecule has 6 nitrogen and oxygen atoms in total. The predicted molar refractivity (Wildman–Crippen MR) is 126 cm³/mol. The van der Waals surface area contributed by atoms with Gasteiger partial charge in [-0.05, 0) is 48.7 Å². The number of unbranched alkanes of at least 4 members (excludes halogenated alkanes) is 1. The smallest absolute Gasteiger partial charge is 0.271 e. The third kappa shape index (κ3) is 5.17. The highest BCUT2D eigenvalue weighted by molar-refractivity contribution is 5.94. The maximum Gasteiger partial charge on any atom is 0.271 e. The summed E-state index contributed by atoms with van der Waals surface area (Å²) in [4.78, 5) is 19.8. The third-order valence-corrected chi connectivity index (χ3v) is 5.77. The summed E-state index contributed by atoms with van der Waals surface area (Å²) < 4.78 is 0. The fourth-order valence-corrected chi connectivity index (χ4v) is 4.07. The first-order valence-corrected chi connectivity index (χ1v) is 11.6. The van der Waals surface area contributed by atoms with Gasteiger partial charge in [-0.15, -0.1) is 0 Å². The van der Waals surface area contributed by atoms with Gasteiger partial charge in [0, 0.05) is 19.3 Å². The number of nitriles is 1. The van der Waals surface area contributed by atoms with Crippen molar-refractivity contribution in [2.45, 2.75) is 65.6 Å². The second kappa shape index (κ2) is 10.9. The molecule has 0 spiro atoms. The van der Waals surface area contributed by atoms with Crippen LogP contribution in [-0.4, -0.2) is 33.4 Å². The van der Waals surface area contributed by atoms with E-state index in [1.54, 1.807) is 12.1 Å². The number of hydrogen-bond donors (Lipinski definition) is 1. The minimum atomic E-state index is -0.0939. The average molecular weight is 432 g/mol. The molecule has 1 N–H and O–H groups in total. The molecule has 1 amide bonds. The van der Waals surface area contributed by atoms with Crippen molar-refractivity contribution in [2.75, 3.05) is 6.54 Å². The van der Waals surface area contributed by atoms with Crippen LogP contribution in [0.1, 0.15) is 68.5 Å². The first kappa shape index (κ1) is 23.5. The Hall–Kier alpha value is -3.17. The van der Waals surface area contributed by atoms with Crippen molar-refractivity contribution in [1.29, 1.82) is 5.26 Å². The van der Waals surface area contributed by atoms with Gasteiger partial charge in [-0.2, -0.15) is 5.26 Å². The summed E-state index contributed by atoms with van der Waals surface area (Å²) in [5, 5.41) is 11.1. The van der Waals surface area contributed by atoms with E-state index in [-0.39, 0.29) is 18.0 Å². The molecule has 2 aliphatic rings. The molecule has 6 heteroatoms. The zero-order chi connectivity index (χ0) is 23.1. The summed E-state index contributed by atoms with van der Waals surface area (Å²) in [7, 11) is 0. The molecule has 2 aliphatic heterocycles. The monoisotopic (exact) mass is 431 g/mol. The van der Waals surface area contributed by atoms with Crippen LogP contribution in [0.15, 0.2) is 54.4 Å². The van der Waals surface area contributed by atoms with Crippen LogP contribution in [-0.2, 0) is 11.3 Å². The fourth-order valence-electron chi connectivity index (χ4n) is 4.07. The van der Waals surface area contributed by atoms with Gasteiger partial charge in [0.05, 0.1) is 29.4 Å². The van der Waals surface area contributed by atoms with Crippen LogP contribution in [0.5, 0.6) is 0 Å². The van der Waals surface area contributed by atoms with E-state index in [1.807, 2.05) is 62.2 Å². The van der Waals surface area contributed by atoms with E-state index in [0.29, 0.717) is 24.4 Å². The van der Waals surface area contributed by atoms with Gasteiger partial charge in [-0.3, -0.25) is 14.8 Å². The number of carbonyl (C=O) groups is 1. The van der Waals surface area contributed by atoms with Crippen LogP contribution < -0.4 is 5.43 Å². The number of nitrogens with one attached hydrogen (secondary N) is 1. The number of nitrogens with zero attached hydrogens (tertiary/aromatic N) is 4. The Morgan fingerprint density at radius 2 is 1.94 bits per heavy atom. The number of hydrazine groups is 1. The molecule has 4 rings (SSSR count). The first-order chi connectivity index (χ1) is 15.6. The lowest BCUT2D eigenvalue weighted by Gasteiger charge is -2.41. The van der Waals surface area contributed by atoms with Crippen molar-refractivity contribution >= 4 is 5.91 Å². The van der Waals surface area contributed by atoms with E-state index in [2.05, 4.69) is 28.4 Å². The van der Waals surface area contributed by atoms with Gasteiger partial charge in [0.2, 0.25) is 0 Å². The number of rotatable bonds is 6. The zero-order valence-corrected chi connectivity index (χ0v) is 19.5. The highest BCUT2D eigenvalue weighted by Gasteiger charge is 2.40. The van der Waals surface area contributed by atoms with Crippen molar-refractivity contribution in [2.24, 2.45) is 0 Å². The molecular weight excluding hydrogens is 398 g/mol. The average Bonchev–Trinajstić information content (AvgIpc) is 3.28. The molecule has 1 saturated heterocycles. The Labute approximate surface area is 191 Å². The van der Waals surface area contributed by atoms with Crippen molar-refractivity contribution in [3.05, 3.63) is 76.8 Å². The molecule has 168 valence electrons.